The monoisotopic (exact) mass is 186 g/mol. The van der Waals surface area contributed by atoms with Crippen molar-refractivity contribution < 1.29 is 4.74 Å². The van der Waals surface area contributed by atoms with Crippen molar-refractivity contribution in [1.82, 2.24) is 0 Å². The second-order valence-corrected chi connectivity index (χ2v) is 2.11. The third-order valence-electron chi connectivity index (χ3n) is 1.40. The second kappa shape index (κ2) is 4.62. The summed E-state index contributed by atoms with van der Waals surface area (Å²) in [5.41, 5.74) is 5.93. The van der Waals surface area contributed by atoms with E-state index in [9.17, 15) is 0 Å². The summed E-state index contributed by atoms with van der Waals surface area (Å²) in [7, 11) is 1.56. The molecule has 0 saturated heterocycles. The molecule has 1 aromatic rings. The van der Waals surface area contributed by atoms with Crippen LogP contribution in [0, 0.1) is 5.41 Å². The number of nitrogens with two attached hydrogens (primary N) is 1. The van der Waals surface area contributed by atoms with Crippen molar-refractivity contribution in [3.8, 4) is 5.75 Å². The standard InChI is InChI=1S/C8H10N2O.ClH/c1-11-7-5-3-2-4-6(7)8(9)10;/h2-5H,1H3,(H3,9,10);1H. The Labute approximate surface area is 77.5 Å². The van der Waals surface area contributed by atoms with Crippen LogP contribution in [0.15, 0.2) is 24.3 Å². The van der Waals surface area contributed by atoms with Gasteiger partial charge < -0.3 is 10.5 Å². The first kappa shape index (κ1) is 10.8. The fourth-order valence-electron chi connectivity index (χ4n) is 0.867. The fourth-order valence-corrected chi connectivity index (χ4v) is 0.867. The summed E-state index contributed by atoms with van der Waals surface area (Å²) in [4.78, 5) is 0. The second-order valence-electron chi connectivity index (χ2n) is 2.11. The van der Waals surface area contributed by atoms with Gasteiger partial charge in [0.1, 0.15) is 11.6 Å². The number of benzene rings is 1. The SMILES string of the molecule is COc1ccccc1C(=N)N.Cl. The van der Waals surface area contributed by atoms with E-state index in [0.29, 0.717) is 11.3 Å². The highest BCUT2D eigenvalue weighted by atomic mass is 35.5. The van der Waals surface area contributed by atoms with E-state index in [1.165, 1.54) is 0 Å². The first-order valence-electron chi connectivity index (χ1n) is 3.23. The molecule has 66 valence electrons. The predicted octanol–water partition coefficient (Wildman–Crippen LogP) is 1.40. The number of ether oxygens (including phenoxy) is 1. The zero-order valence-electron chi connectivity index (χ0n) is 6.70. The van der Waals surface area contributed by atoms with Crippen LogP contribution in [0.2, 0.25) is 0 Å². The Bertz CT molecular complexity index is 276. The van der Waals surface area contributed by atoms with Crippen molar-refractivity contribution in [1.29, 1.82) is 5.41 Å². The first-order chi connectivity index (χ1) is 5.25. The quantitative estimate of drug-likeness (QED) is 0.542. The van der Waals surface area contributed by atoms with Gasteiger partial charge in [-0.25, -0.2) is 0 Å². The van der Waals surface area contributed by atoms with Crippen LogP contribution in [0.5, 0.6) is 5.75 Å². The maximum atomic E-state index is 7.18. The highest BCUT2D eigenvalue weighted by Crippen LogP contribution is 2.15. The maximum absolute atomic E-state index is 7.18. The molecule has 0 aliphatic heterocycles. The van der Waals surface area contributed by atoms with E-state index in [1.54, 1.807) is 19.2 Å². The van der Waals surface area contributed by atoms with Gasteiger partial charge in [-0.15, -0.1) is 12.4 Å². The van der Waals surface area contributed by atoms with Gasteiger partial charge in [0, 0.05) is 0 Å². The number of hydrogen-bond donors (Lipinski definition) is 2. The molecule has 0 amide bonds. The van der Waals surface area contributed by atoms with Gasteiger partial charge in [-0.1, -0.05) is 12.1 Å². The average molecular weight is 187 g/mol. The molecular weight excluding hydrogens is 176 g/mol. The molecule has 0 radical (unpaired) electrons. The highest BCUT2D eigenvalue weighted by Gasteiger charge is 2.02. The minimum atomic E-state index is 0. The van der Waals surface area contributed by atoms with Gasteiger partial charge in [-0.2, -0.15) is 0 Å². The number of amidine groups is 1. The lowest BCUT2D eigenvalue weighted by molar-refractivity contribution is 0.414. The Morgan fingerprint density at radius 2 is 2.00 bits per heavy atom. The van der Waals surface area contributed by atoms with Crippen molar-refractivity contribution in [2.75, 3.05) is 7.11 Å². The van der Waals surface area contributed by atoms with Gasteiger partial charge in [-0.05, 0) is 12.1 Å². The van der Waals surface area contributed by atoms with E-state index < -0.39 is 0 Å². The van der Waals surface area contributed by atoms with E-state index in [1.807, 2.05) is 12.1 Å². The Morgan fingerprint density at radius 3 is 2.42 bits per heavy atom. The molecule has 0 fully saturated rings. The summed E-state index contributed by atoms with van der Waals surface area (Å²) in [5.74, 6) is 0.669. The molecule has 0 bridgehead atoms. The van der Waals surface area contributed by atoms with Crippen LogP contribution in [-0.4, -0.2) is 12.9 Å². The molecule has 0 saturated carbocycles. The maximum Gasteiger partial charge on any atom is 0.129 e. The smallest absolute Gasteiger partial charge is 0.129 e. The van der Waals surface area contributed by atoms with Gasteiger partial charge in [-0.3, -0.25) is 5.41 Å². The molecular formula is C8H11ClN2O. The van der Waals surface area contributed by atoms with Crippen molar-refractivity contribution in [3.63, 3.8) is 0 Å². The number of rotatable bonds is 2. The van der Waals surface area contributed by atoms with E-state index >= 15 is 0 Å². The largest absolute Gasteiger partial charge is 0.496 e. The molecule has 0 atom stereocenters. The molecule has 0 aliphatic rings. The molecule has 3 N–H and O–H groups in total. The van der Waals surface area contributed by atoms with Crippen LogP contribution in [0.1, 0.15) is 5.56 Å². The summed E-state index contributed by atoms with van der Waals surface area (Å²) < 4.78 is 4.99. The van der Waals surface area contributed by atoms with Crippen LogP contribution in [-0.2, 0) is 0 Å². The molecule has 0 unspecified atom stereocenters. The van der Waals surface area contributed by atoms with Crippen LogP contribution in [0.4, 0.5) is 0 Å². The molecule has 1 aromatic carbocycles. The fraction of sp³-hybridized carbons (Fsp3) is 0.125. The predicted molar refractivity (Wildman–Crippen MR) is 51.3 cm³/mol. The number of para-hydroxylation sites is 1. The number of halogens is 1. The molecule has 1 rings (SSSR count). The summed E-state index contributed by atoms with van der Waals surface area (Å²) in [6, 6.07) is 7.18. The third-order valence-corrected chi connectivity index (χ3v) is 1.40. The van der Waals surface area contributed by atoms with Gasteiger partial charge in [0.25, 0.3) is 0 Å². The normalized spacial score (nSPS) is 8.42. The Balaban J connectivity index is 0.00000121. The van der Waals surface area contributed by atoms with Crippen LogP contribution >= 0.6 is 12.4 Å². The molecule has 0 aliphatic carbocycles. The van der Waals surface area contributed by atoms with Gasteiger partial charge >= 0.3 is 0 Å². The lowest BCUT2D eigenvalue weighted by Crippen LogP contribution is -2.12. The zero-order valence-corrected chi connectivity index (χ0v) is 7.52. The van der Waals surface area contributed by atoms with Gasteiger partial charge in [0.05, 0.1) is 12.7 Å². The van der Waals surface area contributed by atoms with Gasteiger partial charge in [0.2, 0.25) is 0 Å². The molecule has 3 nitrogen and oxygen atoms in total. The van der Waals surface area contributed by atoms with Crippen molar-refractivity contribution >= 4 is 18.2 Å². The van der Waals surface area contributed by atoms with E-state index in [0.717, 1.165) is 0 Å². The number of nitrogens with one attached hydrogen (secondary N) is 1. The minimum Gasteiger partial charge on any atom is -0.496 e. The topological polar surface area (TPSA) is 59.1 Å². The Morgan fingerprint density at radius 1 is 1.42 bits per heavy atom. The molecule has 0 heterocycles. The average Bonchev–Trinajstić information content (AvgIpc) is 2.04. The number of nitrogen functional groups attached to an aromatic ring is 1. The van der Waals surface area contributed by atoms with E-state index in [2.05, 4.69) is 0 Å². The Hall–Kier alpha value is -1.22. The summed E-state index contributed by atoms with van der Waals surface area (Å²) in [5, 5.41) is 7.18. The number of hydrogen-bond acceptors (Lipinski definition) is 2. The van der Waals surface area contributed by atoms with E-state index in [4.69, 9.17) is 15.9 Å². The van der Waals surface area contributed by atoms with Crippen molar-refractivity contribution in [2.24, 2.45) is 5.73 Å². The van der Waals surface area contributed by atoms with Gasteiger partial charge in [0.15, 0.2) is 0 Å². The first-order valence-corrected chi connectivity index (χ1v) is 3.23. The van der Waals surface area contributed by atoms with Crippen LogP contribution in [0.25, 0.3) is 0 Å². The van der Waals surface area contributed by atoms with E-state index in [-0.39, 0.29) is 18.2 Å². The summed E-state index contributed by atoms with van der Waals surface area (Å²) >= 11 is 0. The minimum absolute atomic E-state index is 0. The highest BCUT2D eigenvalue weighted by molar-refractivity contribution is 5.97. The third kappa shape index (κ3) is 2.13. The lowest BCUT2D eigenvalue weighted by Gasteiger charge is -2.04. The van der Waals surface area contributed by atoms with Crippen molar-refractivity contribution in [2.45, 2.75) is 0 Å². The number of methoxy groups -OCH3 is 1. The van der Waals surface area contributed by atoms with Crippen LogP contribution < -0.4 is 10.5 Å². The van der Waals surface area contributed by atoms with Crippen LogP contribution in [0.3, 0.4) is 0 Å². The van der Waals surface area contributed by atoms with Crippen molar-refractivity contribution in [3.05, 3.63) is 29.8 Å². The summed E-state index contributed by atoms with van der Waals surface area (Å²) in [6.45, 7) is 0. The molecule has 4 heteroatoms. The summed E-state index contributed by atoms with van der Waals surface area (Å²) in [6.07, 6.45) is 0. The Kier molecular flexibility index (Phi) is 4.15. The molecule has 0 spiro atoms. The molecule has 12 heavy (non-hydrogen) atoms. The lowest BCUT2D eigenvalue weighted by atomic mass is 10.2. The zero-order chi connectivity index (χ0) is 8.27. The molecule has 0 aromatic heterocycles.